The van der Waals surface area contributed by atoms with Crippen molar-refractivity contribution in [2.24, 2.45) is 17.8 Å². The van der Waals surface area contributed by atoms with E-state index in [0.29, 0.717) is 24.3 Å². The van der Waals surface area contributed by atoms with E-state index in [2.05, 4.69) is 17.5 Å². The average molecular weight is 237 g/mol. The summed E-state index contributed by atoms with van der Waals surface area (Å²) < 4.78 is 0. The summed E-state index contributed by atoms with van der Waals surface area (Å²) in [7, 11) is 0. The van der Waals surface area contributed by atoms with Gasteiger partial charge in [-0.15, -0.1) is 0 Å². The predicted octanol–water partition coefficient (Wildman–Crippen LogP) is 1.57. The van der Waals surface area contributed by atoms with Gasteiger partial charge >= 0.3 is 5.97 Å². The van der Waals surface area contributed by atoms with Crippen LogP contribution in [0.5, 0.6) is 0 Å². The average Bonchev–Trinajstić information content (AvgIpc) is 2.35. The number of carbonyl (C=O) groups excluding carboxylic acids is 1. The molecule has 0 saturated heterocycles. The number of carboxylic acids is 1. The lowest BCUT2D eigenvalue weighted by Gasteiger charge is -2.38. The summed E-state index contributed by atoms with van der Waals surface area (Å²) >= 11 is 0. The Hall–Kier alpha value is -1.32. The van der Waals surface area contributed by atoms with Gasteiger partial charge in [-0.25, -0.2) is 0 Å². The molecule has 1 saturated carbocycles. The van der Waals surface area contributed by atoms with Crippen molar-refractivity contribution >= 4 is 11.9 Å². The second-order valence-corrected chi connectivity index (χ2v) is 5.08. The van der Waals surface area contributed by atoms with Crippen molar-refractivity contribution in [3.8, 4) is 0 Å². The zero-order valence-corrected chi connectivity index (χ0v) is 9.89. The molecule has 17 heavy (non-hydrogen) atoms. The first-order chi connectivity index (χ1) is 8.15. The van der Waals surface area contributed by atoms with E-state index in [1.807, 2.05) is 0 Å². The fraction of sp³-hybridized carbons (Fsp3) is 0.692. The van der Waals surface area contributed by atoms with E-state index in [1.165, 1.54) is 19.3 Å². The summed E-state index contributed by atoms with van der Waals surface area (Å²) in [6.07, 6.45) is 8.28. The number of aliphatic carboxylic acids is 1. The van der Waals surface area contributed by atoms with Crippen molar-refractivity contribution < 1.29 is 14.7 Å². The van der Waals surface area contributed by atoms with Gasteiger partial charge in [-0.05, 0) is 37.0 Å². The maximum atomic E-state index is 11.4. The Balaban J connectivity index is 1.70. The maximum absolute atomic E-state index is 11.4. The molecule has 0 heterocycles. The van der Waals surface area contributed by atoms with Crippen LogP contribution in [0.2, 0.25) is 0 Å². The molecule has 3 aliphatic rings. The number of hydrogen-bond acceptors (Lipinski definition) is 2. The molecule has 3 atom stereocenters. The molecular weight excluding hydrogens is 218 g/mol. The van der Waals surface area contributed by atoms with Crippen LogP contribution in [-0.4, -0.2) is 23.5 Å². The standard InChI is InChI=1S/C13H19NO3/c15-12(5-6-13(16)17)14-8-11-7-9-1-3-10(11)4-2-9/h1,3,9-11H,2,4-8H2,(H,14,15)(H,16,17). The van der Waals surface area contributed by atoms with Crippen LogP contribution >= 0.6 is 0 Å². The Morgan fingerprint density at radius 2 is 2.06 bits per heavy atom. The van der Waals surface area contributed by atoms with Crippen LogP contribution in [0.3, 0.4) is 0 Å². The van der Waals surface area contributed by atoms with E-state index in [9.17, 15) is 9.59 Å². The number of allylic oxidation sites excluding steroid dienone is 2. The normalized spacial score (nSPS) is 30.2. The van der Waals surface area contributed by atoms with Crippen LogP contribution in [-0.2, 0) is 9.59 Å². The Morgan fingerprint density at radius 3 is 2.59 bits per heavy atom. The van der Waals surface area contributed by atoms with E-state index in [0.717, 1.165) is 0 Å². The van der Waals surface area contributed by atoms with Gasteiger partial charge in [0.25, 0.3) is 0 Å². The van der Waals surface area contributed by atoms with Crippen molar-refractivity contribution in [2.45, 2.75) is 32.1 Å². The van der Waals surface area contributed by atoms with Gasteiger partial charge in [-0.2, -0.15) is 0 Å². The molecule has 1 fully saturated rings. The topological polar surface area (TPSA) is 66.4 Å². The third-order valence-corrected chi connectivity index (χ3v) is 3.84. The summed E-state index contributed by atoms with van der Waals surface area (Å²) in [5.74, 6) is 0.797. The molecule has 1 amide bonds. The molecular formula is C13H19NO3. The number of amides is 1. The van der Waals surface area contributed by atoms with Crippen LogP contribution < -0.4 is 5.32 Å². The molecule has 3 unspecified atom stereocenters. The first-order valence-corrected chi connectivity index (χ1v) is 6.32. The van der Waals surface area contributed by atoms with E-state index >= 15 is 0 Å². The minimum absolute atomic E-state index is 0.0809. The third kappa shape index (κ3) is 3.32. The number of carbonyl (C=O) groups is 2. The second kappa shape index (κ2) is 5.34. The fourth-order valence-electron chi connectivity index (χ4n) is 2.84. The van der Waals surface area contributed by atoms with Gasteiger partial charge in [-0.1, -0.05) is 12.2 Å². The Labute approximate surface area is 101 Å². The lowest BCUT2D eigenvalue weighted by molar-refractivity contribution is -0.138. The molecule has 0 aromatic rings. The maximum Gasteiger partial charge on any atom is 0.303 e. The monoisotopic (exact) mass is 237 g/mol. The summed E-state index contributed by atoms with van der Waals surface area (Å²) in [5.41, 5.74) is 0. The van der Waals surface area contributed by atoms with Gasteiger partial charge in [0.15, 0.2) is 0 Å². The lowest BCUT2D eigenvalue weighted by atomic mass is 9.69. The first-order valence-electron chi connectivity index (χ1n) is 6.32. The second-order valence-electron chi connectivity index (χ2n) is 5.08. The Morgan fingerprint density at radius 1 is 1.24 bits per heavy atom. The molecule has 94 valence electrons. The number of nitrogens with one attached hydrogen (secondary N) is 1. The minimum atomic E-state index is -0.917. The molecule has 0 aromatic heterocycles. The molecule has 4 nitrogen and oxygen atoms in total. The quantitative estimate of drug-likeness (QED) is 0.713. The Bertz CT molecular complexity index is 338. The smallest absolute Gasteiger partial charge is 0.303 e. The molecule has 3 rings (SSSR count). The molecule has 2 bridgehead atoms. The molecule has 3 aliphatic carbocycles. The van der Waals surface area contributed by atoms with Crippen LogP contribution in [0.15, 0.2) is 12.2 Å². The van der Waals surface area contributed by atoms with Crippen molar-refractivity contribution in [3.63, 3.8) is 0 Å². The predicted molar refractivity (Wildman–Crippen MR) is 63.3 cm³/mol. The molecule has 2 N–H and O–H groups in total. The minimum Gasteiger partial charge on any atom is -0.481 e. The number of fused-ring (bicyclic) bond motifs is 2. The van der Waals surface area contributed by atoms with E-state index in [-0.39, 0.29) is 18.7 Å². The fourth-order valence-corrected chi connectivity index (χ4v) is 2.84. The van der Waals surface area contributed by atoms with Crippen molar-refractivity contribution in [1.82, 2.24) is 5.32 Å². The molecule has 0 radical (unpaired) electrons. The molecule has 0 aromatic carbocycles. The first kappa shape index (κ1) is 12.1. The SMILES string of the molecule is O=C(O)CCC(=O)NCC1CC2C=CC1CC2. The Kier molecular flexibility index (Phi) is 3.82. The van der Waals surface area contributed by atoms with Gasteiger partial charge in [0.2, 0.25) is 5.91 Å². The van der Waals surface area contributed by atoms with Gasteiger partial charge in [0.1, 0.15) is 0 Å². The summed E-state index contributed by atoms with van der Waals surface area (Å²) in [6.45, 7) is 0.698. The highest BCUT2D eigenvalue weighted by Crippen LogP contribution is 2.39. The highest BCUT2D eigenvalue weighted by atomic mass is 16.4. The van der Waals surface area contributed by atoms with Crippen LogP contribution in [0.25, 0.3) is 0 Å². The zero-order valence-electron chi connectivity index (χ0n) is 9.89. The van der Waals surface area contributed by atoms with E-state index in [1.54, 1.807) is 0 Å². The lowest BCUT2D eigenvalue weighted by Crippen LogP contribution is -2.37. The third-order valence-electron chi connectivity index (χ3n) is 3.84. The highest BCUT2D eigenvalue weighted by molar-refractivity contribution is 5.80. The van der Waals surface area contributed by atoms with Crippen LogP contribution in [0.4, 0.5) is 0 Å². The summed E-state index contributed by atoms with van der Waals surface area (Å²) in [4.78, 5) is 21.7. The number of rotatable bonds is 5. The summed E-state index contributed by atoms with van der Waals surface area (Å²) in [6, 6.07) is 0. The van der Waals surface area contributed by atoms with Gasteiger partial charge < -0.3 is 10.4 Å². The largest absolute Gasteiger partial charge is 0.481 e. The molecule has 0 spiro atoms. The highest BCUT2D eigenvalue weighted by Gasteiger charge is 2.31. The van der Waals surface area contributed by atoms with Crippen molar-refractivity contribution in [2.75, 3.05) is 6.54 Å². The molecule has 4 heteroatoms. The van der Waals surface area contributed by atoms with Gasteiger partial charge in [0.05, 0.1) is 6.42 Å². The zero-order chi connectivity index (χ0) is 12.3. The van der Waals surface area contributed by atoms with Crippen LogP contribution in [0.1, 0.15) is 32.1 Å². The molecule has 0 aliphatic heterocycles. The van der Waals surface area contributed by atoms with E-state index < -0.39 is 5.97 Å². The number of carboxylic acid groups (broad SMARTS) is 1. The van der Waals surface area contributed by atoms with Gasteiger partial charge in [-0.3, -0.25) is 9.59 Å². The number of hydrogen-bond donors (Lipinski definition) is 2. The van der Waals surface area contributed by atoms with Gasteiger partial charge in [0, 0.05) is 13.0 Å². The van der Waals surface area contributed by atoms with E-state index in [4.69, 9.17) is 5.11 Å². The summed E-state index contributed by atoms with van der Waals surface area (Å²) in [5, 5.41) is 11.3. The van der Waals surface area contributed by atoms with Crippen molar-refractivity contribution in [1.29, 1.82) is 0 Å². The van der Waals surface area contributed by atoms with Crippen LogP contribution in [0, 0.1) is 17.8 Å². The van der Waals surface area contributed by atoms with Crippen molar-refractivity contribution in [3.05, 3.63) is 12.2 Å².